The van der Waals surface area contributed by atoms with Crippen LogP contribution in [0.4, 0.5) is 4.39 Å². The predicted octanol–water partition coefficient (Wildman–Crippen LogP) is 3.04. The Morgan fingerprint density at radius 2 is 2.30 bits per heavy atom. The Balaban J connectivity index is 2.84. The first-order valence-electron chi connectivity index (χ1n) is 3.28. The zero-order chi connectivity index (χ0) is 7.78. The summed E-state index contributed by atoms with van der Waals surface area (Å²) in [6.07, 6.45) is 4.82. The lowest BCUT2D eigenvalue weighted by Crippen LogP contribution is -2.25. The van der Waals surface area contributed by atoms with E-state index in [4.69, 9.17) is 11.6 Å². The maximum atomic E-state index is 13.2. The summed E-state index contributed by atoms with van der Waals surface area (Å²) in [5, 5.41) is 0.627. The third-order valence-electron chi connectivity index (χ3n) is 1.87. The van der Waals surface area contributed by atoms with Crippen LogP contribution in [0.25, 0.3) is 0 Å². The van der Waals surface area contributed by atoms with E-state index in [1.54, 1.807) is 19.1 Å². The summed E-state index contributed by atoms with van der Waals surface area (Å²) in [6, 6.07) is 0. The minimum atomic E-state index is -1.22. The van der Waals surface area contributed by atoms with Crippen LogP contribution in [0.1, 0.15) is 13.8 Å². The van der Waals surface area contributed by atoms with Gasteiger partial charge in [-0.2, -0.15) is 0 Å². The van der Waals surface area contributed by atoms with Crippen molar-refractivity contribution in [1.29, 1.82) is 0 Å². The van der Waals surface area contributed by atoms with Crippen LogP contribution in [-0.2, 0) is 0 Å². The standard InChI is InChI=1S/C8H10ClF/c1-6-5-7(9)3-4-8(6,2)10/h3-6H,1-2H3/t6-,8?/m0/s1. The maximum absolute atomic E-state index is 13.2. The zero-order valence-corrected chi connectivity index (χ0v) is 6.82. The Bertz CT molecular complexity index is 191. The summed E-state index contributed by atoms with van der Waals surface area (Å²) in [6.45, 7) is 3.36. The molecule has 0 spiro atoms. The molecule has 1 rings (SSSR count). The Morgan fingerprint density at radius 1 is 1.70 bits per heavy atom. The molecule has 1 unspecified atom stereocenters. The Labute approximate surface area is 65.4 Å². The first-order valence-corrected chi connectivity index (χ1v) is 3.65. The molecule has 2 atom stereocenters. The SMILES string of the molecule is C[C@H]1C=C(Cl)C=CC1(C)F. The number of rotatable bonds is 0. The van der Waals surface area contributed by atoms with Gasteiger partial charge in [0.2, 0.25) is 0 Å². The molecule has 0 radical (unpaired) electrons. The van der Waals surface area contributed by atoms with E-state index in [2.05, 4.69) is 0 Å². The van der Waals surface area contributed by atoms with Gasteiger partial charge in [0.1, 0.15) is 5.67 Å². The van der Waals surface area contributed by atoms with Crippen LogP contribution >= 0.6 is 11.6 Å². The van der Waals surface area contributed by atoms with Gasteiger partial charge in [-0.1, -0.05) is 24.6 Å². The third kappa shape index (κ3) is 1.40. The molecule has 1 aliphatic carbocycles. The topological polar surface area (TPSA) is 0 Å². The Hall–Kier alpha value is -0.300. The highest BCUT2D eigenvalue weighted by molar-refractivity contribution is 6.31. The molecule has 0 nitrogen and oxygen atoms in total. The minimum Gasteiger partial charge on any atom is -0.239 e. The van der Waals surface area contributed by atoms with E-state index in [0.29, 0.717) is 5.03 Å². The second-order valence-corrected chi connectivity index (χ2v) is 3.26. The van der Waals surface area contributed by atoms with Gasteiger partial charge in [0.05, 0.1) is 0 Å². The number of halogens is 2. The summed E-state index contributed by atoms with van der Waals surface area (Å²) >= 11 is 5.65. The minimum absolute atomic E-state index is 0.120. The van der Waals surface area contributed by atoms with Crippen molar-refractivity contribution in [2.24, 2.45) is 5.92 Å². The molecule has 0 fully saturated rings. The Morgan fingerprint density at radius 3 is 2.70 bits per heavy atom. The average Bonchev–Trinajstić information content (AvgIpc) is 1.81. The predicted molar refractivity (Wildman–Crippen MR) is 41.8 cm³/mol. The van der Waals surface area contributed by atoms with Gasteiger partial charge in [-0.05, 0) is 19.1 Å². The van der Waals surface area contributed by atoms with E-state index in [1.807, 2.05) is 6.92 Å². The van der Waals surface area contributed by atoms with Crippen molar-refractivity contribution in [3.05, 3.63) is 23.3 Å². The van der Waals surface area contributed by atoms with Crippen molar-refractivity contribution in [2.75, 3.05) is 0 Å². The van der Waals surface area contributed by atoms with E-state index in [-0.39, 0.29) is 5.92 Å². The molecule has 2 heteroatoms. The molecule has 0 aromatic carbocycles. The maximum Gasteiger partial charge on any atom is 0.132 e. The van der Waals surface area contributed by atoms with E-state index in [9.17, 15) is 4.39 Å². The molecule has 0 aromatic rings. The molecule has 0 aliphatic heterocycles. The Kier molecular flexibility index (Phi) is 1.86. The summed E-state index contributed by atoms with van der Waals surface area (Å²) in [7, 11) is 0. The number of alkyl halides is 1. The quantitative estimate of drug-likeness (QED) is 0.511. The summed E-state index contributed by atoms with van der Waals surface area (Å²) in [4.78, 5) is 0. The number of hydrogen-bond donors (Lipinski definition) is 0. The highest BCUT2D eigenvalue weighted by atomic mass is 35.5. The van der Waals surface area contributed by atoms with Gasteiger partial charge >= 0.3 is 0 Å². The molecule has 0 heterocycles. The lowest BCUT2D eigenvalue weighted by atomic mass is 9.89. The number of hydrogen-bond acceptors (Lipinski definition) is 0. The van der Waals surface area contributed by atoms with Crippen LogP contribution in [-0.4, -0.2) is 5.67 Å². The van der Waals surface area contributed by atoms with Gasteiger partial charge in [-0.15, -0.1) is 0 Å². The van der Waals surface area contributed by atoms with Gasteiger partial charge in [-0.3, -0.25) is 0 Å². The molecule has 0 amide bonds. The van der Waals surface area contributed by atoms with Crippen LogP contribution < -0.4 is 0 Å². The van der Waals surface area contributed by atoms with Crippen molar-refractivity contribution in [1.82, 2.24) is 0 Å². The molecule has 0 aromatic heterocycles. The van der Waals surface area contributed by atoms with Crippen LogP contribution in [0.5, 0.6) is 0 Å². The van der Waals surface area contributed by atoms with Crippen molar-refractivity contribution >= 4 is 11.6 Å². The van der Waals surface area contributed by atoms with E-state index >= 15 is 0 Å². The molecule has 56 valence electrons. The van der Waals surface area contributed by atoms with Gasteiger partial charge < -0.3 is 0 Å². The lowest BCUT2D eigenvalue weighted by molar-refractivity contribution is 0.199. The van der Waals surface area contributed by atoms with Crippen LogP contribution in [0.3, 0.4) is 0 Å². The number of allylic oxidation sites excluding steroid dienone is 4. The first-order chi connectivity index (χ1) is 4.52. The van der Waals surface area contributed by atoms with Crippen molar-refractivity contribution in [2.45, 2.75) is 19.5 Å². The van der Waals surface area contributed by atoms with Crippen LogP contribution in [0.2, 0.25) is 0 Å². The summed E-state index contributed by atoms with van der Waals surface area (Å²) in [5.41, 5.74) is -1.22. The zero-order valence-electron chi connectivity index (χ0n) is 6.07. The second kappa shape index (κ2) is 2.39. The molecule has 0 saturated carbocycles. The molecule has 1 aliphatic rings. The smallest absolute Gasteiger partial charge is 0.132 e. The second-order valence-electron chi connectivity index (χ2n) is 2.82. The van der Waals surface area contributed by atoms with Gasteiger partial charge in [-0.25, -0.2) is 4.39 Å². The average molecular weight is 161 g/mol. The van der Waals surface area contributed by atoms with Crippen LogP contribution in [0, 0.1) is 5.92 Å². The van der Waals surface area contributed by atoms with Crippen LogP contribution in [0.15, 0.2) is 23.3 Å². The van der Waals surface area contributed by atoms with Crippen molar-refractivity contribution in [3.8, 4) is 0 Å². The van der Waals surface area contributed by atoms with Crippen molar-refractivity contribution < 1.29 is 4.39 Å². The van der Waals surface area contributed by atoms with Gasteiger partial charge in [0.25, 0.3) is 0 Å². The fourth-order valence-corrected chi connectivity index (χ4v) is 1.10. The van der Waals surface area contributed by atoms with Gasteiger partial charge in [0.15, 0.2) is 0 Å². The highest BCUT2D eigenvalue weighted by Crippen LogP contribution is 2.30. The monoisotopic (exact) mass is 160 g/mol. The lowest BCUT2D eigenvalue weighted by Gasteiger charge is -2.24. The highest BCUT2D eigenvalue weighted by Gasteiger charge is 2.28. The molecule has 0 saturated heterocycles. The first kappa shape index (κ1) is 7.80. The van der Waals surface area contributed by atoms with E-state index in [0.717, 1.165) is 0 Å². The molecule has 0 bridgehead atoms. The largest absolute Gasteiger partial charge is 0.239 e. The molecular weight excluding hydrogens is 151 g/mol. The summed E-state index contributed by atoms with van der Waals surface area (Å²) in [5.74, 6) is -0.120. The fourth-order valence-electron chi connectivity index (χ4n) is 0.852. The normalized spacial score (nSPS) is 39.6. The third-order valence-corrected chi connectivity index (χ3v) is 2.12. The summed E-state index contributed by atoms with van der Waals surface area (Å²) < 4.78 is 13.2. The van der Waals surface area contributed by atoms with Crippen molar-refractivity contribution in [3.63, 3.8) is 0 Å². The molecule has 0 N–H and O–H groups in total. The molecular formula is C8H10ClF. The fraction of sp³-hybridized carbons (Fsp3) is 0.500. The van der Waals surface area contributed by atoms with Gasteiger partial charge in [0, 0.05) is 11.0 Å². The molecule has 10 heavy (non-hydrogen) atoms. The van der Waals surface area contributed by atoms with E-state index < -0.39 is 5.67 Å². The van der Waals surface area contributed by atoms with E-state index in [1.165, 1.54) is 6.08 Å².